The summed E-state index contributed by atoms with van der Waals surface area (Å²) < 4.78 is 5.05. The van der Waals surface area contributed by atoms with E-state index in [2.05, 4.69) is 24.5 Å². The fourth-order valence-corrected chi connectivity index (χ4v) is 1.87. The molecule has 0 spiro atoms. The van der Waals surface area contributed by atoms with Gasteiger partial charge in [-0.15, -0.1) is 0 Å². The number of urea groups is 1. The van der Waals surface area contributed by atoms with Crippen LogP contribution in [0.1, 0.15) is 45.5 Å². The minimum absolute atomic E-state index is 0.121. The molecule has 0 radical (unpaired) electrons. The second-order valence-electron chi connectivity index (χ2n) is 5.04. The Balaban J connectivity index is 2.24. The van der Waals surface area contributed by atoms with Crippen LogP contribution < -0.4 is 10.6 Å². The van der Waals surface area contributed by atoms with Crippen molar-refractivity contribution in [3.63, 3.8) is 0 Å². The molecule has 0 bridgehead atoms. The molecule has 0 aliphatic heterocycles. The molecule has 19 heavy (non-hydrogen) atoms. The van der Waals surface area contributed by atoms with Gasteiger partial charge in [0.15, 0.2) is 0 Å². The van der Waals surface area contributed by atoms with Crippen LogP contribution in [0.4, 0.5) is 4.79 Å². The van der Waals surface area contributed by atoms with Crippen molar-refractivity contribution in [2.45, 2.75) is 45.8 Å². The average Bonchev–Trinajstić information content (AvgIpc) is 2.89. The number of carbonyl (C=O) groups excluding carboxylic acids is 1. The molecule has 3 N–H and O–H groups in total. The Morgan fingerprint density at radius 1 is 1.47 bits per heavy atom. The van der Waals surface area contributed by atoms with E-state index in [1.54, 1.807) is 12.1 Å². The van der Waals surface area contributed by atoms with Crippen LogP contribution in [-0.4, -0.2) is 23.7 Å². The summed E-state index contributed by atoms with van der Waals surface area (Å²) in [6.45, 7) is 6.41. The van der Waals surface area contributed by atoms with Crippen LogP contribution in [0.15, 0.2) is 22.8 Å². The number of hydrogen-bond donors (Lipinski definition) is 3. The molecule has 0 saturated carbocycles. The fourth-order valence-electron chi connectivity index (χ4n) is 1.87. The van der Waals surface area contributed by atoms with Gasteiger partial charge in [0, 0.05) is 6.04 Å². The summed E-state index contributed by atoms with van der Waals surface area (Å²) in [6.07, 6.45) is 2.73. The van der Waals surface area contributed by atoms with E-state index in [9.17, 15) is 9.90 Å². The first kappa shape index (κ1) is 15.6. The Morgan fingerprint density at radius 3 is 2.79 bits per heavy atom. The van der Waals surface area contributed by atoms with Crippen LogP contribution in [0.25, 0.3) is 0 Å². The van der Waals surface area contributed by atoms with Crippen molar-refractivity contribution >= 4 is 6.03 Å². The van der Waals surface area contributed by atoms with Gasteiger partial charge in [-0.3, -0.25) is 0 Å². The second kappa shape index (κ2) is 7.84. The van der Waals surface area contributed by atoms with Gasteiger partial charge in [-0.2, -0.15) is 0 Å². The molecular weight excluding hydrogens is 244 g/mol. The van der Waals surface area contributed by atoms with Crippen LogP contribution in [0.5, 0.6) is 0 Å². The Hall–Kier alpha value is -1.49. The molecule has 0 aliphatic rings. The third kappa shape index (κ3) is 5.79. The van der Waals surface area contributed by atoms with Crippen molar-refractivity contribution in [2.75, 3.05) is 6.54 Å². The van der Waals surface area contributed by atoms with E-state index in [0.717, 1.165) is 12.8 Å². The summed E-state index contributed by atoms with van der Waals surface area (Å²) in [4.78, 5) is 11.6. The number of rotatable bonds is 7. The van der Waals surface area contributed by atoms with Gasteiger partial charge in [-0.05, 0) is 31.4 Å². The topological polar surface area (TPSA) is 74.5 Å². The molecule has 0 saturated heterocycles. The molecule has 108 valence electrons. The van der Waals surface area contributed by atoms with Gasteiger partial charge in [-0.1, -0.05) is 20.3 Å². The lowest BCUT2D eigenvalue weighted by Gasteiger charge is -2.18. The van der Waals surface area contributed by atoms with E-state index in [1.807, 2.05) is 6.92 Å². The minimum atomic E-state index is -0.814. The van der Waals surface area contributed by atoms with E-state index in [0.29, 0.717) is 11.7 Å². The van der Waals surface area contributed by atoms with Crippen molar-refractivity contribution in [3.8, 4) is 0 Å². The zero-order chi connectivity index (χ0) is 14.3. The summed E-state index contributed by atoms with van der Waals surface area (Å²) >= 11 is 0. The van der Waals surface area contributed by atoms with Gasteiger partial charge in [0.05, 0.1) is 12.8 Å². The van der Waals surface area contributed by atoms with Crippen LogP contribution in [0, 0.1) is 5.92 Å². The van der Waals surface area contributed by atoms with Crippen LogP contribution in [0.3, 0.4) is 0 Å². The van der Waals surface area contributed by atoms with Gasteiger partial charge in [0.2, 0.25) is 0 Å². The maximum atomic E-state index is 11.6. The molecule has 1 aromatic heterocycles. The van der Waals surface area contributed by atoms with Gasteiger partial charge in [0.25, 0.3) is 0 Å². The van der Waals surface area contributed by atoms with Crippen LogP contribution in [-0.2, 0) is 0 Å². The largest absolute Gasteiger partial charge is 0.467 e. The minimum Gasteiger partial charge on any atom is -0.467 e. The SMILES string of the molecule is CCC(C)CC(C)NC(=O)NCC(O)c1ccco1. The maximum absolute atomic E-state index is 11.6. The highest BCUT2D eigenvalue weighted by molar-refractivity contribution is 5.74. The first-order valence-electron chi connectivity index (χ1n) is 6.78. The number of amides is 2. The van der Waals surface area contributed by atoms with E-state index in [-0.39, 0.29) is 18.6 Å². The summed E-state index contributed by atoms with van der Waals surface area (Å²) in [5, 5.41) is 15.2. The first-order valence-corrected chi connectivity index (χ1v) is 6.78. The Morgan fingerprint density at radius 2 is 2.21 bits per heavy atom. The van der Waals surface area contributed by atoms with Crippen LogP contribution >= 0.6 is 0 Å². The summed E-state index contributed by atoms with van der Waals surface area (Å²) in [7, 11) is 0. The molecule has 0 aromatic carbocycles. The number of aliphatic hydroxyl groups excluding tert-OH is 1. The molecule has 5 heteroatoms. The summed E-state index contributed by atoms with van der Waals surface area (Å²) in [5.41, 5.74) is 0. The molecule has 1 aromatic rings. The summed E-state index contributed by atoms with van der Waals surface area (Å²) in [5.74, 6) is 1.04. The smallest absolute Gasteiger partial charge is 0.315 e. The summed E-state index contributed by atoms with van der Waals surface area (Å²) in [6, 6.07) is 3.24. The molecular formula is C14H24N2O3. The Labute approximate surface area is 114 Å². The third-order valence-electron chi connectivity index (χ3n) is 3.16. The highest BCUT2D eigenvalue weighted by Crippen LogP contribution is 2.12. The lowest BCUT2D eigenvalue weighted by molar-refractivity contribution is 0.147. The van der Waals surface area contributed by atoms with E-state index in [1.165, 1.54) is 6.26 Å². The van der Waals surface area contributed by atoms with Crippen molar-refractivity contribution in [1.82, 2.24) is 10.6 Å². The van der Waals surface area contributed by atoms with E-state index >= 15 is 0 Å². The molecule has 0 fully saturated rings. The number of nitrogens with one attached hydrogen (secondary N) is 2. The third-order valence-corrected chi connectivity index (χ3v) is 3.16. The highest BCUT2D eigenvalue weighted by Gasteiger charge is 2.13. The Bertz CT molecular complexity index is 365. The number of hydrogen-bond acceptors (Lipinski definition) is 3. The standard InChI is InChI=1S/C14H24N2O3/c1-4-10(2)8-11(3)16-14(18)15-9-12(17)13-6-5-7-19-13/h5-7,10-12,17H,4,8-9H2,1-3H3,(H2,15,16,18). The van der Waals surface area contributed by atoms with Gasteiger partial charge in [-0.25, -0.2) is 4.79 Å². The first-order chi connectivity index (χ1) is 9.02. The zero-order valence-corrected chi connectivity index (χ0v) is 11.8. The van der Waals surface area contributed by atoms with E-state index < -0.39 is 6.10 Å². The fraction of sp³-hybridized carbons (Fsp3) is 0.643. The number of carbonyl (C=O) groups is 1. The van der Waals surface area contributed by atoms with Crippen molar-refractivity contribution in [2.24, 2.45) is 5.92 Å². The highest BCUT2D eigenvalue weighted by atomic mass is 16.4. The van der Waals surface area contributed by atoms with Crippen LogP contribution in [0.2, 0.25) is 0 Å². The lowest BCUT2D eigenvalue weighted by atomic mass is 10.0. The predicted molar refractivity (Wildman–Crippen MR) is 73.7 cm³/mol. The molecule has 1 rings (SSSR count). The molecule has 2 amide bonds. The molecule has 1 heterocycles. The lowest BCUT2D eigenvalue weighted by Crippen LogP contribution is -2.42. The second-order valence-corrected chi connectivity index (χ2v) is 5.04. The zero-order valence-electron chi connectivity index (χ0n) is 11.8. The van der Waals surface area contributed by atoms with Gasteiger partial charge < -0.3 is 20.2 Å². The van der Waals surface area contributed by atoms with Crippen molar-refractivity contribution < 1.29 is 14.3 Å². The molecule has 3 unspecified atom stereocenters. The van der Waals surface area contributed by atoms with Gasteiger partial charge >= 0.3 is 6.03 Å². The van der Waals surface area contributed by atoms with E-state index in [4.69, 9.17) is 4.42 Å². The van der Waals surface area contributed by atoms with Crippen molar-refractivity contribution in [1.29, 1.82) is 0 Å². The average molecular weight is 268 g/mol. The van der Waals surface area contributed by atoms with Gasteiger partial charge in [0.1, 0.15) is 11.9 Å². The molecule has 0 aliphatic carbocycles. The molecule has 5 nitrogen and oxygen atoms in total. The Kier molecular flexibility index (Phi) is 6.42. The predicted octanol–water partition coefficient (Wildman–Crippen LogP) is 2.44. The monoisotopic (exact) mass is 268 g/mol. The maximum Gasteiger partial charge on any atom is 0.315 e. The van der Waals surface area contributed by atoms with Crippen molar-refractivity contribution in [3.05, 3.63) is 24.2 Å². The quantitative estimate of drug-likeness (QED) is 0.711. The number of aliphatic hydroxyl groups is 1. The normalized spacial score (nSPS) is 15.6. The number of furan rings is 1. The molecule has 3 atom stereocenters.